The molecule has 0 aliphatic rings. The van der Waals surface area contributed by atoms with Crippen molar-refractivity contribution in [3.8, 4) is 0 Å². The van der Waals surface area contributed by atoms with Gasteiger partial charge in [0.25, 0.3) is 0 Å². The van der Waals surface area contributed by atoms with Crippen molar-refractivity contribution in [3.05, 3.63) is 36.5 Å². The molecule has 0 radical (unpaired) electrons. The van der Waals surface area contributed by atoms with Crippen molar-refractivity contribution in [2.24, 2.45) is 0 Å². The van der Waals surface area contributed by atoms with Crippen LogP contribution in [0.1, 0.15) is 238 Å². The molecule has 0 heterocycles. The summed E-state index contributed by atoms with van der Waals surface area (Å²) >= 11 is 0. The maximum atomic E-state index is 10.5. The van der Waals surface area contributed by atoms with E-state index in [2.05, 4.69) is 18.2 Å². The fraction of sp³-hybridized carbons (Fsp3) is 0.822. The number of carbonyl (C=O) groups is 2. The van der Waals surface area contributed by atoms with E-state index in [0.29, 0.717) is 6.42 Å². The van der Waals surface area contributed by atoms with Gasteiger partial charge in [0.05, 0.1) is 0 Å². The predicted octanol–water partition coefficient (Wildman–Crippen LogP) is 15.3. The molecule has 0 aliphatic carbocycles. The van der Waals surface area contributed by atoms with E-state index in [1.165, 1.54) is 218 Å². The van der Waals surface area contributed by atoms with Crippen molar-refractivity contribution in [1.82, 2.24) is 0 Å². The highest BCUT2D eigenvalue weighted by molar-refractivity contribution is 5.80. The van der Waals surface area contributed by atoms with Crippen molar-refractivity contribution < 1.29 is 19.8 Å². The molecule has 0 aromatic carbocycles. The lowest BCUT2D eigenvalue weighted by Crippen LogP contribution is -1.93. The Bertz CT molecular complexity index is 768. The molecule has 0 rings (SSSR count). The van der Waals surface area contributed by atoms with E-state index in [4.69, 9.17) is 10.2 Å². The van der Waals surface area contributed by atoms with Crippen LogP contribution in [0, 0.1) is 0 Å². The van der Waals surface area contributed by atoms with Gasteiger partial charge in [-0.25, -0.2) is 4.79 Å². The molecule has 0 bridgehead atoms. The average molecular weight is 687 g/mol. The molecular formula is C45H82O4. The summed E-state index contributed by atoms with van der Waals surface area (Å²) in [6.07, 6.45) is 60.3. The second-order valence-electron chi connectivity index (χ2n) is 14.8. The lowest BCUT2D eigenvalue weighted by molar-refractivity contribution is -0.137. The first-order valence-corrected chi connectivity index (χ1v) is 21.6. The molecule has 0 unspecified atom stereocenters. The minimum atomic E-state index is -0.883. The molecule has 0 saturated heterocycles. The maximum Gasteiger partial charge on any atom is 0.328 e. The highest BCUT2D eigenvalue weighted by Crippen LogP contribution is 2.17. The van der Waals surface area contributed by atoms with E-state index in [1.807, 2.05) is 6.08 Å². The van der Waals surface area contributed by atoms with Crippen LogP contribution in [0.5, 0.6) is 0 Å². The van der Waals surface area contributed by atoms with E-state index < -0.39 is 11.9 Å². The van der Waals surface area contributed by atoms with Crippen molar-refractivity contribution in [2.45, 2.75) is 238 Å². The lowest BCUT2D eigenvalue weighted by atomic mass is 10.0. The minimum absolute atomic E-state index is 0.327. The predicted molar refractivity (Wildman–Crippen MR) is 214 cm³/mol. The van der Waals surface area contributed by atoms with Crippen LogP contribution in [-0.2, 0) is 9.59 Å². The summed E-state index contributed by atoms with van der Waals surface area (Å²) < 4.78 is 0. The van der Waals surface area contributed by atoms with Crippen LogP contribution < -0.4 is 0 Å². The van der Waals surface area contributed by atoms with Gasteiger partial charge in [-0.15, -0.1) is 0 Å². The Labute approximate surface area is 305 Å². The summed E-state index contributed by atoms with van der Waals surface area (Å²) in [4.78, 5) is 20.9. The van der Waals surface area contributed by atoms with E-state index in [-0.39, 0.29) is 0 Å². The third-order valence-electron chi connectivity index (χ3n) is 9.91. The van der Waals surface area contributed by atoms with E-state index in [9.17, 15) is 9.59 Å². The summed E-state index contributed by atoms with van der Waals surface area (Å²) in [6, 6.07) is 0. The Morgan fingerprint density at radius 2 is 0.551 bits per heavy atom. The number of carboxylic acids is 2. The van der Waals surface area contributed by atoms with Gasteiger partial charge in [-0.3, -0.25) is 4.79 Å². The van der Waals surface area contributed by atoms with E-state index in [1.54, 1.807) is 6.08 Å². The first-order chi connectivity index (χ1) is 24.1. The van der Waals surface area contributed by atoms with Gasteiger partial charge in [0.2, 0.25) is 0 Å². The van der Waals surface area contributed by atoms with Crippen molar-refractivity contribution >= 4 is 11.9 Å². The molecule has 0 aromatic heterocycles. The number of hydrogen-bond donors (Lipinski definition) is 2. The Hall–Kier alpha value is -1.84. The van der Waals surface area contributed by atoms with Gasteiger partial charge >= 0.3 is 11.9 Å². The number of hydrogen-bond acceptors (Lipinski definition) is 2. The number of allylic oxidation sites excluding steroid dienone is 5. The largest absolute Gasteiger partial charge is 0.481 e. The molecule has 2 N–H and O–H groups in total. The molecule has 0 aromatic rings. The molecule has 0 atom stereocenters. The monoisotopic (exact) mass is 687 g/mol. The SMILES string of the molecule is O=C(O)C=CC=CCCCCCCCCCCCCCCCCCCCCCCCCCCCCCCC=CCCCCCCCC(=O)O. The molecule has 4 nitrogen and oxygen atoms in total. The molecule has 286 valence electrons. The zero-order valence-electron chi connectivity index (χ0n) is 32.3. The Kier molecular flexibility index (Phi) is 40.7. The highest BCUT2D eigenvalue weighted by Gasteiger charge is 1.98. The zero-order valence-corrected chi connectivity index (χ0v) is 32.3. The Morgan fingerprint density at radius 1 is 0.306 bits per heavy atom. The van der Waals surface area contributed by atoms with Crippen LogP contribution >= 0.6 is 0 Å². The summed E-state index contributed by atoms with van der Waals surface area (Å²) in [5, 5.41) is 17.2. The molecule has 0 amide bonds. The molecule has 49 heavy (non-hydrogen) atoms. The van der Waals surface area contributed by atoms with E-state index in [0.717, 1.165) is 19.3 Å². The topological polar surface area (TPSA) is 74.6 Å². The molecule has 0 spiro atoms. The molecule has 4 heteroatoms. The van der Waals surface area contributed by atoms with Crippen molar-refractivity contribution in [2.75, 3.05) is 0 Å². The number of rotatable bonds is 41. The summed E-state index contributed by atoms with van der Waals surface area (Å²) in [7, 11) is 0. The summed E-state index contributed by atoms with van der Waals surface area (Å²) in [5.41, 5.74) is 0. The van der Waals surface area contributed by atoms with Crippen LogP contribution in [0.3, 0.4) is 0 Å². The lowest BCUT2D eigenvalue weighted by Gasteiger charge is -2.04. The Balaban J connectivity index is 3.12. The van der Waals surface area contributed by atoms with Crippen LogP contribution in [0.25, 0.3) is 0 Å². The molecule has 0 aliphatic heterocycles. The third kappa shape index (κ3) is 46.2. The Morgan fingerprint density at radius 3 is 0.816 bits per heavy atom. The molecular weight excluding hydrogens is 604 g/mol. The number of aliphatic carboxylic acids is 2. The fourth-order valence-electron chi connectivity index (χ4n) is 6.74. The van der Waals surface area contributed by atoms with Gasteiger partial charge in [0.15, 0.2) is 0 Å². The van der Waals surface area contributed by atoms with Gasteiger partial charge in [0, 0.05) is 12.5 Å². The van der Waals surface area contributed by atoms with Crippen LogP contribution in [0.2, 0.25) is 0 Å². The molecule has 0 fully saturated rings. The number of carboxylic acid groups (broad SMARTS) is 2. The van der Waals surface area contributed by atoms with Crippen LogP contribution in [-0.4, -0.2) is 22.2 Å². The van der Waals surface area contributed by atoms with Gasteiger partial charge in [0.1, 0.15) is 0 Å². The standard InChI is InChI=1S/C45H82O4/c46-44(47)42-40-38-36-34-32-30-28-26-24-22-20-18-16-14-12-10-8-6-4-2-1-3-5-7-9-11-13-15-17-19-21-23-25-27-29-31-33-35-37-39-41-43-45(48)49/h26,28,37,39,41,43H,1-25,27,29-36,38,40,42H2,(H,46,47)(H,48,49). The van der Waals surface area contributed by atoms with Crippen LogP contribution in [0.4, 0.5) is 0 Å². The smallest absolute Gasteiger partial charge is 0.328 e. The average Bonchev–Trinajstić information content (AvgIpc) is 3.08. The fourth-order valence-corrected chi connectivity index (χ4v) is 6.74. The normalized spacial score (nSPS) is 11.9. The van der Waals surface area contributed by atoms with E-state index >= 15 is 0 Å². The van der Waals surface area contributed by atoms with Crippen LogP contribution in [0.15, 0.2) is 36.5 Å². The highest BCUT2D eigenvalue weighted by atomic mass is 16.4. The second kappa shape index (κ2) is 42.3. The van der Waals surface area contributed by atoms with Crippen molar-refractivity contribution in [3.63, 3.8) is 0 Å². The van der Waals surface area contributed by atoms with Gasteiger partial charge in [-0.1, -0.05) is 217 Å². The third-order valence-corrected chi connectivity index (χ3v) is 9.91. The number of unbranched alkanes of at least 4 members (excludes halogenated alkanes) is 34. The maximum absolute atomic E-state index is 10.5. The van der Waals surface area contributed by atoms with Gasteiger partial charge < -0.3 is 10.2 Å². The first kappa shape index (κ1) is 47.2. The second-order valence-corrected chi connectivity index (χ2v) is 14.8. The first-order valence-electron chi connectivity index (χ1n) is 21.6. The summed E-state index contributed by atoms with van der Waals surface area (Å²) in [5.74, 6) is -1.55. The van der Waals surface area contributed by atoms with Gasteiger partial charge in [-0.2, -0.15) is 0 Å². The van der Waals surface area contributed by atoms with Crippen molar-refractivity contribution in [1.29, 1.82) is 0 Å². The zero-order chi connectivity index (χ0) is 35.6. The summed E-state index contributed by atoms with van der Waals surface area (Å²) in [6.45, 7) is 0. The minimum Gasteiger partial charge on any atom is -0.481 e. The van der Waals surface area contributed by atoms with Gasteiger partial charge in [-0.05, 0) is 44.9 Å². The quantitative estimate of drug-likeness (QED) is 0.0290. The molecule has 0 saturated carbocycles.